The monoisotopic (exact) mass is 518 g/mol. The van der Waals surface area contributed by atoms with E-state index in [2.05, 4.69) is 13.8 Å². The van der Waals surface area contributed by atoms with Crippen molar-refractivity contribution in [2.75, 3.05) is 0 Å². The molecule has 2 bridgehead atoms. The number of hydrogen-bond acceptors (Lipinski definition) is 4. The molecule has 1 heterocycles. The van der Waals surface area contributed by atoms with E-state index in [1.807, 2.05) is 66.7 Å². The van der Waals surface area contributed by atoms with Crippen molar-refractivity contribution >= 4 is 7.82 Å². The molecule has 0 radical (unpaired) electrons. The minimum Gasteiger partial charge on any atom is -0.487 e. The number of benzene rings is 3. The van der Waals surface area contributed by atoms with Crippen molar-refractivity contribution in [2.45, 2.75) is 82.3 Å². The first-order valence-corrected chi connectivity index (χ1v) is 15.0. The number of rotatable bonds is 7. The number of ether oxygens (including phenoxy) is 1. The van der Waals surface area contributed by atoms with Crippen LogP contribution in [0, 0.1) is 0 Å². The Hall–Kier alpha value is -2.59. The van der Waals surface area contributed by atoms with Gasteiger partial charge in [-0.15, -0.1) is 0 Å². The van der Waals surface area contributed by atoms with Crippen LogP contribution < -0.4 is 9.26 Å². The molecular weight excluding hydrogens is 483 g/mol. The highest BCUT2D eigenvalue weighted by Crippen LogP contribution is 2.60. The number of hydrogen-bond donors (Lipinski definition) is 1. The number of phosphoric acid groups is 1. The average Bonchev–Trinajstić information content (AvgIpc) is 2.90. The molecule has 1 N–H and O–H groups in total. The van der Waals surface area contributed by atoms with Gasteiger partial charge in [-0.05, 0) is 87.0 Å². The molecule has 2 unspecified atom stereocenters. The second-order valence-electron chi connectivity index (χ2n) is 11.4. The molecule has 0 amide bonds. The zero-order chi connectivity index (χ0) is 25.6. The minimum atomic E-state index is -4.44. The van der Waals surface area contributed by atoms with E-state index in [9.17, 15) is 9.46 Å². The summed E-state index contributed by atoms with van der Waals surface area (Å²) in [7, 11) is -4.44. The van der Waals surface area contributed by atoms with Crippen molar-refractivity contribution in [3.63, 3.8) is 0 Å². The van der Waals surface area contributed by atoms with Crippen LogP contribution in [-0.4, -0.2) is 10.5 Å². The van der Waals surface area contributed by atoms with Crippen LogP contribution in [0.25, 0.3) is 0 Å². The predicted octanol–water partition coefficient (Wildman–Crippen LogP) is 8.02. The van der Waals surface area contributed by atoms with E-state index in [-0.39, 0.29) is 5.60 Å². The Morgan fingerprint density at radius 3 is 2.27 bits per heavy atom. The van der Waals surface area contributed by atoms with Crippen molar-refractivity contribution in [2.24, 2.45) is 0 Å². The zero-order valence-electron chi connectivity index (χ0n) is 21.6. The molecule has 3 aliphatic carbocycles. The molecule has 4 aliphatic rings. The minimum absolute atomic E-state index is 0.213. The summed E-state index contributed by atoms with van der Waals surface area (Å²) in [5.74, 6) is 2.24. The van der Waals surface area contributed by atoms with Gasteiger partial charge in [0.2, 0.25) is 0 Å². The summed E-state index contributed by atoms with van der Waals surface area (Å²) in [6, 6.07) is 21.4. The Balaban J connectivity index is 1.34. The maximum Gasteiger partial charge on any atom is 0.528 e. The van der Waals surface area contributed by atoms with Gasteiger partial charge in [0.05, 0.1) is 6.10 Å². The molecule has 0 saturated heterocycles. The lowest BCUT2D eigenvalue weighted by Gasteiger charge is -2.43. The molecule has 194 valence electrons. The lowest BCUT2D eigenvalue weighted by atomic mass is 9.65. The van der Waals surface area contributed by atoms with E-state index in [1.165, 1.54) is 5.56 Å². The third-order valence-electron chi connectivity index (χ3n) is 8.23. The molecule has 5 nitrogen and oxygen atoms in total. The quantitative estimate of drug-likeness (QED) is 0.321. The zero-order valence-corrected chi connectivity index (χ0v) is 22.5. The molecule has 0 spiro atoms. The fraction of sp³-hybridized carbons (Fsp3) is 0.419. The van der Waals surface area contributed by atoms with E-state index in [0.717, 1.165) is 66.5 Å². The van der Waals surface area contributed by atoms with Gasteiger partial charge >= 0.3 is 7.82 Å². The van der Waals surface area contributed by atoms with Crippen LogP contribution >= 0.6 is 7.82 Å². The van der Waals surface area contributed by atoms with Crippen LogP contribution in [0.3, 0.4) is 0 Å². The fourth-order valence-corrected chi connectivity index (χ4v) is 7.35. The van der Waals surface area contributed by atoms with Gasteiger partial charge in [0, 0.05) is 17.5 Å². The Morgan fingerprint density at radius 2 is 1.59 bits per heavy atom. The van der Waals surface area contributed by atoms with Gasteiger partial charge < -0.3 is 9.26 Å². The highest BCUT2D eigenvalue weighted by atomic mass is 31.2. The molecule has 37 heavy (non-hydrogen) atoms. The van der Waals surface area contributed by atoms with Crippen LogP contribution in [0.5, 0.6) is 11.5 Å². The normalized spacial score (nSPS) is 23.8. The Bertz CT molecular complexity index is 1310. The summed E-state index contributed by atoms with van der Waals surface area (Å²) in [5, 5.41) is 0. The van der Waals surface area contributed by atoms with Gasteiger partial charge in [0.25, 0.3) is 0 Å². The van der Waals surface area contributed by atoms with Gasteiger partial charge in [0.1, 0.15) is 17.1 Å². The number of aryl methyl sites for hydroxylation is 1. The van der Waals surface area contributed by atoms with Crippen LogP contribution in [-0.2, 0) is 21.9 Å². The third kappa shape index (κ3) is 5.10. The first-order valence-electron chi connectivity index (χ1n) is 13.5. The average molecular weight is 519 g/mol. The summed E-state index contributed by atoms with van der Waals surface area (Å²) in [4.78, 5) is 11.1. The van der Waals surface area contributed by atoms with Crippen molar-refractivity contribution in [1.82, 2.24) is 0 Å². The van der Waals surface area contributed by atoms with E-state index < -0.39 is 13.9 Å². The van der Waals surface area contributed by atoms with Crippen molar-refractivity contribution in [1.29, 1.82) is 0 Å². The molecule has 7 rings (SSSR count). The second kappa shape index (κ2) is 9.62. The maximum absolute atomic E-state index is 13.6. The van der Waals surface area contributed by atoms with Gasteiger partial charge in [-0.2, -0.15) is 0 Å². The largest absolute Gasteiger partial charge is 0.528 e. The molecule has 3 aromatic rings. The van der Waals surface area contributed by atoms with Gasteiger partial charge in [-0.25, -0.2) is 4.57 Å². The molecule has 6 heteroatoms. The van der Waals surface area contributed by atoms with Crippen LogP contribution in [0.2, 0.25) is 0 Å². The third-order valence-corrected chi connectivity index (χ3v) is 9.17. The Morgan fingerprint density at radius 1 is 0.973 bits per heavy atom. The Labute approximate surface area is 219 Å². The standard InChI is InChI=1S/C31H35O5P/c1-31(2)18-17-25-20-27(28-23-13-15-24(16-14-23)29(28)30(25)34-31)36-37(32,33)35-26(22-11-7-4-8-12-22)19-21-9-5-3-6-10-21/h3-12,20,23-24,26H,13-19H2,1-2H3,(H,32,33). The van der Waals surface area contributed by atoms with Crippen molar-refractivity contribution < 1.29 is 23.2 Å². The predicted molar refractivity (Wildman–Crippen MR) is 144 cm³/mol. The van der Waals surface area contributed by atoms with E-state index >= 15 is 0 Å². The smallest absolute Gasteiger partial charge is 0.487 e. The molecule has 0 aromatic heterocycles. The topological polar surface area (TPSA) is 65.0 Å². The van der Waals surface area contributed by atoms with Crippen LogP contribution in [0.1, 0.15) is 91.7 Å². The summed E-state index contributed by atoms with van der Waals surface area (Å²) < 4.78 is 32.1. The molecule has 3 aromatic carbocycles. The molecule has 1 fully saturated rings. The maximum atomic E-state index is 13.6. The second-order valence-corrected chi connectivity index (χ2v) is 12.7. The van der Waals surface area contributed by atoms with E-state index in [0.29, 0.717) is 24.0 Å². The summed E-state index contributed by atoms with van der Waals surface area (Å²) in [6.07, 6.45) is 6.03. The molecular formula is C31H35O5P. The number of fused-ring (bicyclic) bond motifs is 3. The van der Waals surface area contributed by atoms with Crippen molar-refractivity contribution in [3.8, 4) is 11.5 Å². The van der Waals surface area contributed by atoms with E-state index in [4.69, 9.17) is 13.8 Å². The highest BCUT2D eigenvalue weighted by molar-refractivity contribution is 7.47. The van der Waals surface area contributed by atoms with E-state index in [1.54, 1.807) is 0 Å². The highest BCUT2D eigenvalue weighted by Gasteiger charge is 2.42. The lowest BCUT2D eigenvalue weighted by molar-refractivity contribution is 0.0806. The number of phosphoric ester groups is 1. The van der Waals surface area contributed by atoms with Gasteiger partial charge in [0.15, 0.2) is 0 Å². The first kappa shape index (κ1) is 24.7. The Kier molecular flexibility index (Phi) is 6.43. The van der Waals surface area contributed by atoms with Crippen LogP contribution in [0.15, 0.2) is 66.7 Å². The molecule has 2 atom stereocenters. The summed E-state index contributed by atoms with van der Waals surface area (Å²) in [5.41, 5.74) is 5.01. The lowest BCUT2D eigenvalue weighted by Crippen LogP contribution is -2.35. The SMILES string of the molecule is CC1(C)CCc2cc(OP(=O)(O)OC(Cc3ccccc3)c3ccccc3)c3c(c2O1)C1CCC3CC1. The fourth-order valence-electron chi connectivity index (χ4n) is 6.39. The molecule has 1 aliphatic heterocycles. The molecule has 1 saturated carbocycles. The summed E-state index contributed by atoms with van der Waals surface area (Å²) >= 11 is 0. The summed E-state index contributed by atoms with van der Waals surface area (Å²) in [6.45, 7) is 4.28. The van der Waals surface area contributed by atoms with Crippen LogP contribution in [0.4, 0.5) is 0 Å². The van der Waals surface area contributed by atoms with Gasteiger partial charge in [-0.1, -0.05) is 60.7 Å². The van der Waals surface area contributed by atoms with Gasteiger partial charge in [-0.3, -0.25) is 9.42 Å². The first-order chi connectivity index (χ1) is 17.8. The van der Waals surface area contributed by atoms with Crippen molar-refractivity contribution in [3.05, 3.63) is 94.5 Å².